The van der Waals surface area contributed by atoms with E-state index in [0.717, 1.165) is 30.3 Å². The number of hydrazone groups is 1. The quantitative estimate of drug-likeness (QED) is 0.373. The minimum Gasteiger partial charge on any atom is -0.451 e. The van der Waals surface area contributed by atoms with E-state index in [4.69, 9.17) is 16.0 Å². The minimum absolute atomic E-state index is 0.0852. The van der Waals surface area contributed by atoms with Crippen LogP contribution in [0.15, 0.2) is 52.0 Å². The van der Waals surface area contributed by atoms with Gasteiger partial charge in [0.15, 0.2) is 5.76 Å². The van der Waals surface area contributed by atoms with Gasteiger partial charge in [0.1, 0.15) is 5.58 Å². The summed E-state index contributed by atoms with van der Waals surface area (Å²) in [5.74, 6) is 0.236. The number of para-hydroxylation sites is 1. The van der Waals surface area contributed by atoms with Gasteiger partial charge in [-0.3, -0.25) is 4.79 Å². The summed E-state index contributed by atoms with van der Waals surface area (Å²) in [6.07, 6.45) is 3.74. The van der Waals surface area contributed by atoms with Gasteiger partial charge in [0.05, 0.1) is 11.2 Å². The average molecular weight is 438 g/mol. The van der Waals surface area contributed by atoms with Crippen LogP contribution in [0.3, 0.4) is 0 Å². The lowest BCUT2D eigenvalue weighted by atomic mass is 9.79. The molecule has 6 heteroatoms. The van der Waals surface area contributed by atoms with Gasteiger partial charge < -0.3 is 9.32 Å². The molecule has 1 N–H and O–H groups in total. The van der Waals surface area contributed by atoms with Crippen molar-refractivity contribution in [3.05, 3.63) is 64.4 Å². The monoisotopic (exact) mass is 437 g/mol. The molecular weight excluding hydrogens is 410 g/mol. The van der Waals surface area contributed by atoms with Crippen LogP contribution in [0.25, 0.3) is 11.0 Å². The van der Waals surface area contributed by atoms with Gasteiger partial charge in [0.25, 0.3) is 0 Å². The lowest BCUT2D eigenvalue weighted by Gasteiger charge is -2.47. The van der Waals surface area contributed by atoms with Crippen molar-refractivity contribution in [3.8, 4) is 0 Å². The number of carbonyl (C=O) groups excluding carboxylic acids is 1. The smallest absolute Gasteiger partial charge is 0.307 e. The van der Waals surface area contributed by atoms with Crippen LogP contribution in [-0.4, -0.2) is 24.2 Å². The molecule has 0 bridgehead atoms. The van der Waals surface area contributed by atoms with E-state index in [0.29, 0.717) is 16.5 Å². The predicted octanol–water partition coefficient (Wildman–Crippen LogP) is 6.35. The van der Waals surface area contributed by atoms with E-state index in [-0.39, 0.29) is 11.3 Å². The first-order valence-electron chi connectivity index (χ1n) is 10.7. The van der Waals surface area contributed by atoms with Crippen molar-refractivity contribution in [2.24, 2.45) is 5.10 Å². The molecule has 0 aliphatic carbocycles. The summed E-state index contributed by atoms with van der Waals surface area (Å²) in [6, 6.07) is 13.3. The molecule has 1 atom stereocenters. The Bertz CT molecular complexity index is 1120. The van der Waals surface area contributed by atoms with E-state index in [2.05, 4.69) is 49.2 Å². The zero-order chi connectivity index (χ0) is 22.2. The Labute approximate surface area is 188 Å². The standard InChI is InChI=1S/C25H28ClN3O2/c1-5-10-29-21-13-20(26)18(11-19(21)16(2)14-25(29,3)4)15-27-28-24(30)23-12-17-8-6-7-9-22(17)31-23/h6-9,11-13,15-16H,5,10,14H2,1-4H3,(H,28,30)/b27-15+. The van der Waals surface area contributed by atoms with Crippen LogP contribution in [0, 0.1) is 0 Å². The van der Waals surface area contributed by atoms with Crippen molar-refractivity contribution in [1.29, 1.82) is 0 Å². The Morgan fingerprint density at radius 1 is 1.32 bits per heavy atom. The maximum atomic E-state index is 12.4. The summed E-state index contributed by atoms with van der Waals surface area (Å²) < 4.78 is 5.58. The summed E-state index contributed by atoms with van der Waals surface area (Å²) in [5, 5.41) is 5.62. The summed E-state index contributed by atoms with van der Waals surface area (Å²) in [5.41, 5.74) is 6.54. The number of rotatable bonds is 5. The topological polar surface area (TPSA) is 57.8 Å². The lowest BCUT2D eigenvalue weighted by molar-refractivity contribution is 0.0929. The molecule has 1 aromatic heterocycles. The second-order valence-corrected chi connectivity index (χ2v) is 9.26. The minimum atomic E-state index is -0.397. The maximum Gasteiger partial charge on any atom is 0.307 e. The van der Waals surface area contributed by atoms with Crippen LogP contribution in [0.1, 0.15) is 68.1 Å². The molecule has 0 saturated carbocycles. The summed E-state index contributed by atoms with van der Waals surface area (Å²) in [6.45, 7) is 10.0. The molecule has 31 heavy (non-hydrogen) atoms. The highest BCUT2D eigenvalue weighted by molar-refractivity contribution is 6.33. The fourth-order valence-electron chi connectivity index (χ4n) is 4.58. The summed E-state index contributed by atoms with van der Waals surface area (Å²) >= 11 is 6.60. The molecule has 162 valence electrons. The van der Waals surface area contributed by atoms with Crippen LogP contribution in [0.4, 0.5) is 5.69 Å². The fraction of sp³-hybridized carbons (Fsp3) is 0.360. The molecule has 1 unspecified atom stereocenters. The first-order valence-corrected chi connectivity index (χ1v) is 11.1. The molecule has 4 rings (SSSR count). The predicted molar refractivity (Wildman–Crippen MR) is 127 cm³/mol. The van der Waals surface area contributed by atoms with Gasteiger partial charge in [-0.1, -0.05) is 43.6 Å². The number of nitrogens with one attached hydrogen (secondary N) is 1. The number of carbonyl (C=O) groups is 1. The molecule has 0 fully saturated rings. The van der Waals surface area contributed by atoms with Gasteiger partial charge in [0.2, 0.25) is 0 Å². The van der Waals surface area contributed by atoms with Crippen molar-refractivity contribution in [3.63, 3.8) is 0 Å². The Kier molecular flexibility index (Phi) is 5.80. The Morgan fingerprint density at radius 2 is 2.10 bits per heavy atom. The van der Waals surface area contributed by atoms with E-state index in [1.165, 1.54) is 11.3 Å². The molecule has 5 nitrogen and oxygen atoms in total. The molecule has 3 aromatic rings. The van der Waals surface area contributed by atoms with Crippen molar-refractivity contribution in [1.82, 2.24) is 5.43 Å². The molecule has 1 aliphatic heterocycles. The normalized spacial score (nSPS) is 17.8. The molecule has 1 amide bonds. The number of amides is 1. The number of anilines is 1. The van der Waals surface area contributed by atoms with Gasteiger partial charge >= 0.3 is 5.91 Å². The van der Waals surface area contributed by atoms with E-state index in [1.807, 2.05) is 30.3 Å². The van der Waals surface area contributed by atoms with E-state index < -0.39 is 5.91 Å². The first-order chi connectivity index (χ1) is 14.8. The molecule has 0 radical (unpaired) electrons. The van der Waals surface area contributed by atoms with E-state index in [9.17, 15) is 4.79 Å². The highest BCUT2D eigenvalue weighted by Gasteiger charge is 2.36. The second-order valence-electron chi connectivity index (χ2n) is 8.85. The van der Waals surface area contributed by atoms with Crippen molar-refractivity contribution >= 4 is 40.4 Å². The van der Waals surface area contributed by atoms with Crippen molar-refractivity contribution in [2.75, 3.05) is 11.4 Å². The third-order valence-corrected chi connectivity index (χ3v) is 6.30. The Hall–Kier alpha value is -2.79. The number of benzene rings is 2. The van der Waals surface area contributed by atoms with Gasteiger partial charge in [-0.15, -0.1) is 0 Å². The molecule has 2 aromatic carbocycles. The zero-order valence-electron chi connectivity index (χ0n) is 18.4. The van der Waals surface area contributed by atoms with Crippen LogP contribution in [-0.2, 0) is 0 Å². The molecule has 0 saturated heterocycles. The van der Waals surface area contributed by atoms with Crippen LogP contribution in [0.5, 0.6) is 0 Å². The van der Waals surface area contributed by atoms with Crippen LogP contribution >= 0.6 is 11.6 Å². The zero-order valence-corrected chi connectivity index (χ0v) is 19.2. The Balaban J connectivity index is 1.55. The number of hydrogen-bond donors (Lipinski definition) is 1. The molecule has 1 aliphatic rings. The van der Waals surface area contributed by atoms with Crippen LogP contribution < -0.4 is 10.3 Å². The number of furan rings is 1. The van der Waals surface area contributed by atoms with Gasteiger partial charge in [-0.05, 0) is 62.4 Å². The molecular formula is C25H28ClN3O2. The SMILES string of the molecule is CCCN1c2cc(Cl)c(/C=N/NC(=O)c3cc4ccccc4o3)cc2C(C)CC1(C)C. The average Bonchev–Trinajstić information content (AvgIpc) is 3.16. The number of nitrogens with zero attached hydrogens (tertiary/aromatic N) is 2. The fourth-order valence-corrected chi connectivity index (χ4v) is 4.78. The van der Waals surface area contributed by atoms with E-state index in [1.54, 1.807) is 12.3 Å². The van der Waals surface area contributed by atoms with Gasteiger partial charge in [0, 0.05) is 28.7 Å². The van der Waals surface area contributed by atoms with Crippen LogP contribution in [0.2, 0.25) is 5.02 Å². The Morgan fingerprint density at radius 3 is 2.84 bits per heavy atom. The largest absolute Gasteiger partial charge is 0.451 e. The second kappa shape index (κ2) is 8.39. The molecule has 0 spiro atoms. The van der Waals surface area contributed by atoms with Gasteiger partial charge in [-0.2, -0.15) is 5.10 Å². The van der Waals surface area contributed by atoms with E-state index >= 15 is 0 Å². The van der Waals surface area contributed by atoms with Crippen molar-refractivity contribution < 1.29 is 9.21 Å². The maximum absolute atomic E-state index is 12.4. The highest BCUT2D eigenvalue weighted by atomic mass is 35.5. The highest BCUT2D eigenvalue weighted by Crippen LogP contribution is 2.45. The number of fused-ring (bicyclic) bond motifs is 2. The van der Waals surface area contributed by atoms with Gasteiger partial charge in [-0.25, -0.2) is 5.43 Å². The first kappa shape index (κ1) is 21.4. The third-order valence-electron chi connectivity index (χ3n) is 5.97. The summed E-state index contributed by atoms with van der Waals surface area (Å²) in [7, 11) is 0. The third kappa shape index (κ3) is 4.19. The summed E-state index contributed by atoms with van der Waals surface area (Å²) in [4.78, 5) is 14.9. The number of halogens is 1. The van der Waals surface area contributed by atoms with Crippen molar-refractivity contribution in [2.45, 2.75) is 52.0 Å². The lowest BCUT2D eigenvalue weighted by Crippen LogP contribution is -2.48. The molecule has 2 heterocycles. The number of hydrogen-bond acceptors (Lipinski definition) is 4.